The summed E-state index contributed by atoms with van der Waals surface area (Å²) in [4.78, 5) is 13.8. The number of amides is 1. The van der Waals surface area contributed by atoms with Crippen molar-refractivity contribution in [2.75, 3.05) is 19.7 Å². The number of likely N-dealkylation sites (tertiary alicyclic amines) is 1. The van der Waals surface area contributed by atoms with Gasteiger partial charge in [0.2, 0.25) is 5.91 Å². The van der Waals surface area contributed by atoms with Gasteiger partial charge in [-0.25, -0.2) is 0 Å². The number of hydrogen-bond acceptors (Lipinski definition) is 3. The number of carbonyl (C=O) groups excluding carboxylic acids is 1. The first-order valence-electron chi connectivity index (χ1n) is 6.74. The normalized spacial score (nSPS) is 34.0. The third-order valence-electron chi connectivity index (χ3n) is 3.98. The minimum atomic E-state index is -0.351. The van der Waals surface area contributed by atoms with Crippen LogP contribution in [0.5, 0.6) is 0 Å². The summed E-state index contributed by atoms with van der Waals surface area (Å²) < 4.78 is 5.51. The average Bonchev–Trinajstić information content (AvgIpc) is 2.82. The SMILES string of the molecule is CC1CCN(C(=O)CCC2CCCO2)CC1O. The number of hydrogen-bond donors (Lipinski definition) is 1. The van der Waals surface area contributed by atoms with Gasteiger partial charge in [-0.15, -0.1) is 0 Å². The fraction of sp³-hybridized carbons (Fsp3) is 0.923. The Morgan fingerprint density at radius 1 is 1.47 bits per heavy atom. The molecule has 3 atom stereocenters. The maximum atomic E-state index is 12.0. The van der Waals surface area contributed by atoms with E-state index in [0.29, 0.717) is 18.9 Å². The maximum absolute atomic E-state index is 12.0. The van der Waals surface area contributed by atoms with E-state index in [-0.39, 0.29) is 18.1 Å². The summed E-state index contributed by atoms with van der Waals surface area (Å²) in [6, 6.07) is 0. The first kappa shape index (κ1) is 12.8. The Morgan fingerprint density at radius 3 is 2.94 bits per heavy atom. The van der Waals surface area contributed by atoms with Gasteiger partial charge in [0.05, 0.1) is 12.2 Å². The fourth-order valence-corrected chi connectivity index (χ4v) is 2.59. The molecule has 98 valence electrons. The standard InChI is InChI=1S/C13H23NO3/c1-10-6-7-14(9-12(10)15)13(16)5-4-11-3-2-8-17-11/h10-12,15H,2-9H2,1H3. The van der Waals surface area contributed by atoms with Crippen molar-refractivity contribution in [2.24, 2.45) is 5.92 Å². The van der Waals surface area contributed by atoms with E-state index >= 15 is 0 Å². The predicted molar refractivity (Wildman–Crippen MR) is 64.6 cm³/mol. The molecule has 4 heteroatoms. The van der Waals surface area contributed by atoms with Crippen LogP contribution in [0.15, 0.2) is 0 Å². The molecule has 4 nitrogen and oxygen atoms in total. The summed E-state index contributed by atoms with van der Waals surface area (Å²) >= 11 is 0. The number of aliphatic hydroxyl groups excluding tert-OH is 1. The third-order valence-corrected chi connectivity index (χ3v) is 3.98. The molecule has 1 amide bonds. The molecule has 2 fully saturated rings. The molecule has 0 bridgehead atoms. The van der Waals surface area contributed by atoms with Gasteiger partial charge in [-0.05, 0) is 31.6 Å². The van der Waals surface area contributed by atoms with Crippen molar-refractivity contribution in [3.63, 3.8) is 0 Å². The van der Waals surface area contributed by atoms with Crippen LogP contribution in [-0.4, -0.2) is 47.8 Å². The van der Waals surface area contributed by atoms with E-state index in [1.807, 2.05) is 6.92 Å². The second-order valence-electron chi connectivity index (χ2n) is 5.35. The van der Waals surface area contributed by atoms with Gasteiger partial charge in [0.1, 0.15) is 0 Å². The average molecular weight is 241 g/mol. The van der Waals surface area contributed by atoms with Crippen molar-refractivity contribution >= 4 is 5.91 Å². The zero-order valence-electron chi connectivity index (χ0n) is 10.6. The molecule has 0 spiro atoms. The topological polar surface area (TPSA) is 49.8 Å². The van der Waals surface area contributed by atoms with Crippen molar-refractivity contribution in [1.29, 1.82) is 0 Å². The van der Waals surface area contributed by atoms with Crippen LogP contribution in [0.4, 0.5) is 0 Å². The van der Waals surface area contributed by atoms with E-state index in [4.69, 9.17) is 4.74 Å². The molecular weight excluding hydrogens is 218 g/mol. The highest BCUT2D eigenvalue weighted by Gasteiger charge is 2.27. The van der Waals surface area contributed by atoms with Gasteiger partial charge in [0.25, 0.3) is 0 Å². The van der Waals surface area contributed by atoms with Crippen molar-refractivity contribution in [2.45, 2.75) is 51.2 Å². The highest BCUT2D eigenvalue weighted by Crippen LogP contribution is 2.20. The van der Waals surface area contributed by atoms with Crippen LogP contribution in [0, 0.1) is 5.92 Å². The van der Waals surface area contributed by atoms with Gasteiger partial charge in [0.15, 0.2) is 0 Å². The molecule has 0 aromatic rings. The van der Waals surface area contributed by atoms with Crippen molar-refractivity contribution < 1.29 is 14.6 Å². The Balaban J connectivity index is 1.72. The summed E-state index contributed by atoms with van der Waals surface area (Å²) in [5.41, 5.74) is 0. The summed E-state index contributed by atoms with van der Waals surface area (Å²) in [6.07, 6.45) is 4.45. The van der Waals surface area contributed by atoms with Crippen LogP contribution in [0.1, 0.15) is 39.0 Å². The molecule has 3 unspecified atom stereocenters. The second kappa shape index (κ2) is 5.83. The molecular formula is C13H23NO3. The molecule has 1 N–H and O–H groups in total. The molecule has 2 saturated heterocycles. The van der Waals surface area contributed by atoms with E-state index in [1.165, 1.54) is 0 Å². The van der Waals surface area contributed by atoms with E-state index in [9.17, 15) is 9.90 Å². The van der Waals surface area contributed by atoms with Gasteiger partial charge in [-0.2, -0.15) is 0 Å². The largest absolute Gasteiger partial charge is 0.391 e. The van der Waals surface area contributed by atoms with Crippen LogP contribution in [0.2, 0.25) is 0 Å². The number of nitrogens with zero attached hydrogens (tertiary/aromatic N) is 1. The molecule has 0 saturated carbocycles. The molecule has 2 aliphatic rings. The van der Waals surface area contributed by atoms with Gasteiger partial charge >= 0.3 is 0 Å². The number of carbonyl (C=O) groups is 1. The zero-order valence-corrected chi connectivity index (χ0v) is 10.6. The van der Waals surface area contributed by atoms with Crippen molar-refractivity contribution in [1.82, 2.24) is 4.90 Å². The smallest absolute Gasteiger partial charge is 0.222 e. The van der Waals surface area contributed by atoms with Crippen molar-refractivity contribution in [3.8, 4) is 0 Å². The van der Waals surface area contributed by atoms with E-state index in [1.54, 1.807) is 4.90 Å². The molecule has 2 aliphatic heterocycles. The number of ether oxygens (including phenoxy) is 1. The molecule has 2 rings (SSSR count). The highest BCUT2D eigenvalue weighted by atomic mass is 16.5. The van der Waals surface area contributed by atoms with E-state index in [0.717, 1.165) is 38.8 Å². The number of piperidine rings is 1. The predicted octanol–water partition coefficient (Wildman–Crippen LogP) is 1.17. The quantitative estimate of drug-likeness (QED) is 0.807. The van der Waals surface area contributed by atoms with Gasteiger partial charge in [0, 0.05) is 26.1 Å². The van der Waals surface area contributed by atoms with Crippen LogP contribution < -0.4 is 0 Å². The Bertz CT molecular complexity index is 263. The highest BCUT2D eigenvalue weighted by molar-refractivity contribution is 5.76. The Labute approximate surface area is 103 Å². The minimum Gasteiger partial charge on any atom is -0.391 e. The fourth-order valence-electron chi connectivity index (χ4n) is 2.59. The number of rotatable bonds is 3. The molecule has 17 heavy (non-hydrogen) atoms. The van der Waals surface area contributed by atoms with Crippen LogP contribution in [-0.2, 0) is 9.53 Å². The maximum Gasteiger partial charge on any atom is 0.222 e. The summed E-state index contributed by atoms with van der Waals surface area (Å²) in [5.74, 6) is 0.490. The molecule has 0 aromatic heterocycles. The molecule has 0 aliphatic carbocycles. The second-order valence-corrected chi connectivity index (χ2v) is 5.35. The third kappa shape index (κ3) is 3.42. The van der Waals surface area contributed by atoms with Crippen LogP contribution >= 0.6 is 0 Å². The van der Waals surface area contributed by atoms with Crippen molar-refractivity contribution in [3.05, 3.63) is 0 Å². The van der Waals surface area contributed by atoms with E-state index in [2.05, 4.69) is 0 Å². The first-order valence-corrected chi connectivity index (χ1v) is 6.74. The van der Waals surface area contributed by atoms with Crippen LogP contribution in [0.3, 0.4) is 0 Å². The Kier molecular flexibility index (Phi) is 4.40. The number of aliphatic hydroxyl groups is 1. The lowest BCUT2D eigenvalue weighted by molar-refractivity contribution is -0.136. The minimum absolute atomic E-state index is 0.173. The van der Waals surface area contributed by atoms with E-state index < -0.39 is 0 Å². The van der Waals surface area contributed by atoms with Gasteiger partial charge < -0.3 is 14.7 Å². The summed E-state index contributed by atoms with van der Waals surface area (Å²) in [5, 5.41) is 9.76. The monoisotopic (exact) mass is 241 g/mol. The lowest BCUT2D eigenvalue weighted by Crippen LogP contribution is -2.45. The molecule has 0 radical (unpaired) electrons. The molecule has 2 heterocycles. The van der Waals surface area contributed by atoms with Gasteiger partial charge in [-0.3, -0.25) is 4.79 Å². The van der Waals surface area contributed by atoms with Crippen LogP contribution in [0.25, 0.3) is 0 Å². The van der Waals surface area contributed by atoms with Gasteiger partial charge in [-0.1, -0.05) is 6.92 Å². The number of β-amino-alcohol motifs (C(OH)–C–C–N with tert-alkyl or cyclic N) is 1. The lowest BCUT2D eigenvalue weighted by Gasteiger charge is -2.34. The zero-order chi connectivity index (χ0) is 12.3. The summed E-state index contributed by atoms with van der Waals surface area (Å²) in [6.45, 7) is 4.19. The molecule has 0 aromatic carbocycles. The summed E-state index contributed by atoms with van der Waals surface area (Å²) in [7, 11) is 0. The Hall–Kier alpha value is -0.610. The first-order chi connectivity index (χ1) is 8.16. The lowest BCUT2D eigenvalue weighted by atomic mass is 9.95. The Morgan fingerprint density at radius 2 is 2.29 bits per heavy atom.